The quantitative estimate of drug-likeness (QED) is 0.432. The van der Waals surface area contributed by atoms with E-state index in [-0.39, 0.29) is 0 Å². The van der Waals surface area contributed by atoms with Gasteiger partial charge in [-0.05, 0) is 13.8 Å². The van der Waals surface area contributed by atoms with Crippen LogP contribution in [0.4, 0.5) is 0 Å². The first-order valence-electron chi connectivity index (χ1n) is 2.96. The molecule has 0 heterocycles. The summed E-state index contributed by atoms with van der Waals surface area (Å²) in [5.41, 5.74) is 0.509. The van der Waals surface area contributed by atoms with Crippen LogP contribution >= 0.6 is 8.58 Å². The van der Waals surface area contributed by atoms with Gasteiger partial charge in [0.15, 0.2) is 0 Å². The molecule has 0 spiro atoms. The molecular formula is C7H13OP. The van der Waals surface area contributed by atoms with Gasteiger partial charge in [0.05, 0.1) is 6.35 Å². The van der Waals surface area contributed by atoms with Gasteiger partial charge in [0, 0.05) is 12.8 Å². The lowest BCUT2D eigenvalue weighted by Crippen LogP contribution is -1.90. The van der Waals surface area contributed by atoms with Gasteiger partial charge in [-0.2, -0.15) is 0 Å². The Bertz CT molecular complexity index is 112. The fraction of sp³-hybridized carbons (Fsp3) is 0.714. The Morgan fingerprint density at radius 2 is 2.33 bits per heavy atom. The summed E-state index contributed by atoms with van der Waals surface area (Å²) in [7, 11) is 2.54. The van der Waals surface area contributed by atoms with Gasteiger partial charge in [-0.3, -0.25) is 0 Å². The molecule has 2 heteroatoms. The Morgan fingerprint density at radius 3 is 2.78 bits per heavy atom. The largest absolute Gasteiger partial charge is 0.380 e. The lowest BCUT2D eigenvalue weighted by atomic mass is 10.5. The topological polar surface area (TPSA) is 9.23 Å². The van der Waals surface area contributed by atoms with Crippen LogP contribution in [0.25, 0.3) is 0 Å². The third-order valence-corrected chi connectivity index (χ3v) is 2.11. The number of methoxy groups -OCH3 is 1. The third-order valence-electron chi connectivity index (χ3n) is 0.895. The van der Waals surface area contributed by atoms with Gasteiger partial charge in [-0.1, -0.05) is 14.5 Å². The maximum absolute atomic E-state index is 4.90. The molecule has 0 rings (SSSR count). The van der Waals surface area contributed by atoms with E-state index < -0.39 is 0 Å². The molecule has 2 atom stereocenters. The second-order valence-corrected chi connectivity index (χ2v) is 3.32. The van der Waals surface area contributed by atoms with E-state index in [4.69, 9.17) is 4.74 Å². The molecule has 0 fully saturated rings. The molecule has 0 saturated heterocycles. The van der Waals surface area contributed by atoms with Gasteiger partial charge >= 0.3 is 0 Å². The van der Waals surface area contributed by atoms with Crippen molar-refractivity contribution in [1.82, 2.24) is 0 Å². The van der Waals surface area contributed by atoms with E-state index >= 15 is 0 Å². The number of rotatable bonds is 3. The molecule has 0 bridgehead atoms. The lowest BCUT2D eigenvalue weighted by Gasteiger charge is -2.00. The van der Waals surface area contributed by atoms with Gasteiger partial charge in [0.25, 0.3) is 0 Å². The van der Waals surface area contributed by atoms with Crippen molar-refractivity contribution in [3.8, 4) is 11.8 Å². The molecule has 0 aromatic carbocycles. The van der Waals surface area contributed by atoms with Gasteiger partial charge in [-0.25, -0.2) is 0 Å². The Kier molecular flexibility index (Phi) is 6.04. The molecule has 0 aromatic heterocycles. The average molecular weight is 144 g/mol. The predicted molar refractivity (Wildman–Crippen MR) is 43.1 cm³/mol. The minimum atomic E-state index is 0.509. The zero-order valence-corrected chi connectivity index (χ0v) is 7.19. The molecule has 0 aliphatic rings. The molecule has 0 N–H and O–H groups in total. The summed E-state index contributed by atoms with van der Waals surface area (Å²) in [6, 6.07) is 0. The third kappa shape index (κ3) is 5.83. The van der Waals surface area contributed by atoms with Crippen molar-refractivity contribution in [2.45, 2.75) is 19.5 Å². The maximum Gasteiger partial charge on any atom is 0.0638 e. The molecule has 1 nitrogen and oxygen atoms in total. The molecule has 0 aliphatic carbocycles. The highest BCUT2D eigenvalue weighted by atomic mass is 31.1. The molecule has 9 heavy (non-hydrogen) atoms. The Labute approximate surface area is 59.0 Å². The summed E-state index contributed by atoms with van der Waals surface area (Å²) in [6.45, 7) is 3.99. The van der Waals surface area contributed by atoms with Crippen LogP contribution < -0.4 is 0 Å². The number of hydrogen-bond donors (Lipinski definition) is 0. The average Bonchev–Trinajstić information content (AvgIpc) is 1.85. The minimum absolute atomic E-state index is 0.509. The molecule has 0 amide bonds. The summed E-state index contributed by atoms with van der Waals surface area (Å²) < 4.78 is 4.90. The van der Waals surface area contributed by atoms with Gasteiger partial charge in [-0.15, -0.1) is 5.92 Å². The Hall–Kier alpha value is -0.0500. The first-order valence-corrected chi connectivity index (χ1v) is 4.24. The van der Waals surface area contributed by atoms with E-state index in [1.165, 1.54) is 0 Å². The van der Waals surface area contributed by atoms with Crippen molar-refractivity contribution in [3.63, 3.8) is 0 Å². The highest BCUT2D eigenvalue weighted by molar-refractivity contribution is 7.39. The predicted octanol–water partition coefficient (Wildman–Crippen LogP) is 1.68. The van der Waals surface area contributed by atoms with Gasteiger partial charge in [0.1, 0.15) is 0 Å². The van der Waals surface area contributed by atoms with E-state index in [1.807, 2.05) is 6.92 Å². The van der Waals surface area contributed by atoms with Crippen LogP contribution in [0.15, 0.2) is 0 Å². The maximum atomic E-state index is 4.90. The monoisotopic (exact) mass is 144 g/mol. The zero-order valence-electron chi connectivity index (χ0n) is 6.19. The highest BCUT2D eigenvalue weighted by Gasteiger charge is 1.92. The van der Waals surface area contributed by atoms with Crippen molar-refractivity contribution in [2.75, 3.05) is 13.5 Å². The van der Waals surface area contributed by atoms with Crippen molar-refractivity contribution in [1.29, 1.82) is 0 Å². The van der Waals surface area contributed by atoms with E-state index in [9.17, 15) is 0 Å². The molecule has 0 aromatic rings. The number of hydrogen-bond acceptors (Lipinski definition) is 1. The lowest BCUT2D eigenvalue weighted by molar-refractivity contribution is 0.256. The van der Waals surface area contributed by atoms with Gasteiger partial charge < -0.3 is 4.74 Å². The van der Waals surface area contributed by atoms with Crippen LogP contribution in [0.1, 0.15) is 13.8 Å². The second-order valence-electron chi connectivity index (χ2n) is 1.75. The fourth-order valence-corrected chi connectivity index (χ4v) is 1.14. The van der Waals surface area contributed by atoms with Crippen LogP contribution in [0.5, 0.6) is 0 Å². The van der Waals surface area contributed by atoms with Crippen molar-refractivity contribution >= 4 is 8.58 Å². The summed E-state index contributed by atoms with van der Waals surface area (Å²) in [5, 5.41) is 0. The summed E-state index contributed by atoms with van der Waals surface area (Å²) in [6.07, 6.45) is 0.843. The zero-order chi connectivity index (χ0) is 7.11. The molecule has 2 unspecified atom stereocenters. The van der Waals surface area contributed by atoms with E-state index in [0.717, 1.165) is 14.9 Å². The summed E-state index contributed by atoms with van der Waals surface area (Å²) >= 11 is 0. The van der Waals surface area contributed by atoms with Crippen molar-refractivity contribution < 1.29 is 4.74 Å². The smallest absolute Gasteiger partial charge is 0.0638 e. The first kappa shape index (κ1) is 8.95. The summed E-state index contributed by atoms with van der Waals surface area (Å²) in [5.74, 6) is 5.94. The Balaban J connectivity index is 3.23. The minimum Gasteiger partial charge on any atom is -0.380 e. The Morgan fingerprint density at radius 1 is 1.67 bits per heavy atom. The standard InChI is InChI=1S/C7H13OP/c1-4-5-7(2)9-6-8-3/h7,9H,6H2,1-3H3. The first-order chi connectivity index (χ1) is 4.31. The van der Waals surface area contributed by atoms with Gasteiger partial charge in [0.2, 0.25) is 0 Å². The van der Waals surface area contributed by atoms with E-state index in [0.29, 0.717) is 5.66 Å². The van der Waals surface area contributed by atoms with Crippen LogP contribution in [-0.2, 0) is 4.74 Å². The van der Waals surface area contributed by atoms with Crippen molar-refractivity contribution in [2.24, 2.45) is 0 Å². The van der Waals surface area contributed by atoms with Crippen LogP contribution in [0.2, 0.25) is 0 Å². The molecular weight excluding hydrogens is 131 g/mol. The molecule has 0 radical (unpaired) electrons. The van der Waals surface area contributed by atoms with E-state index in [2.05, 4.69) is 18.8 Å². The molecule has 0 aliphatic heterocycles. The fourth-order valence-electron chi connectivity index (χ4n) is 0.476. The molecule has 52 valence electrons. The SMILES string of the molecule is CC#CC(C)PCOC. The molecule has 0 saturated carbocycles. The summed E-state index contributed by atoms with van der Waals surface area (Å²) in [4.78, 5) is 0. The van der Waals surface area contributed by atoms with Crippen LogP contribution in [-0.4, -0.2) is 19.1 Å². The van der Waals surface area contributed by atoms with Crippen LogP contribution in [0.3, 0.4) is 0 Å². The number of ether oxygens (including phenoxy) is 1. The highest BCUT2D eigenvalue weighted by Crippen LogP contribution is 2.16. The second kappa shape index (κ2) is 6.08. The van der Waals surface area contributed by atoms with E-state index in [1.54, 1.807) is 7.11 Å². The van der Waals surface area contributed by atoms with Crippen molar-refractivity contribution in [3.05, 3.63) is 0 Å². The van der Waals surface area contributed by atoms with Crippen LogP contribution in [0, 0.1) is 11.8 Å². The normalized spacial score (nSPS) is 13.2.